The number of hydrogen-bond donors (Lipinski definition) is 1. The highest BCUT2D eigenvalue weighted by atomic mass is 16.6. The molecule has 5 heteroatoms. The number of ether oxygens (including phenoxy) is 2. The third-order valence-corrected chi connectivity index (χ3v) is 3.00. The summed E-state index contributed by atoms with van der Waals surface area (Å²) >= 11 is 0. The van der Waals surface area contributed by atoms with Crippen molar-refractivity contribution in [2.45, 2.75) is 26.3 Å². The summed E-state index contributed by atoms with van der Waals surface area (Å²) in [6.45, 7) is 4.74. The summed E-state index contributed by atoms with van der Waals surface area (Å²) in [6, 6.07) is 4.76. The fourth-order valence-electron chi connectivity index (χ4n) is 1.71. The standard InChI is InChI=1S/C14H17NO4/c1-3-9(2)15-14(17)13(16)10-4-5-11-12(8-10)19-7-6-18-11/h4-5,8-9H,3,6-7H2,1-2H3,(H,15,17). The SMILES string of the molecule is CCC(C)NC(=O)C(=O)c1ccc2c(c1)OCCO2. The van der Waals surface area contributed by atoms with E-state index in [-0.39, 0.29) is 6.04 Å². The Hall–Kier alpha value is -2.04. The lowest BCUT2D eigenvalue weighted by atomic mass is 10.1. The molecule has 2 rings (SSSR count). The number of rotatable bonds is 4. The van der Waals surface area contributed by atoms with E-state index >= 15 is 0 Å². The molecule has 1 atom stereocenters. The lowest BCUT2D eigenvalue weighted by molar-refractivity contribution is -0.117. The highest BCUT2D eigenvalue weighted by Crippen LogP contribution is 2.30. The van der Waals surface area contributed by atoms with E-state index in [9.17, 15) is 9.59 Å². The van der Waals surface area contributed by atoms with Crippen molar-refractivity contribution >= 4 is 11.7 Å². The van der Waals surface area contributed by atoms with Crippen molar-refractivity contribution in [3.63, 3.8) is 0 Å². The number of hydrogen-bond acceptors (Lipinski definition) is 4. The Morgan fingerprint density at radius 3 is 2.63 bits per heavy atom. The minimum absolute atomic E-state index is 0.0198. The van der Waals surface area contributed by atoms with Gasteiger partial charge in [0.15, 0.2) is 11.5 Å². The second kappa shape index (κ2) is 5.73. The van der Waals surface area contributed by atoms with Gasteiger partial charge in [0.05, 0.1) is 0 Å². The minimum Gasteiger partial charge on any atom is -0.486 e. The van der Waals surface area contributed by atoms with Crippen LogP contribution in [0.25, 0.3) is 0 Å². The summed E-state index contributed by atoms with van der Waals surface area (Å²) in [5.74, 6) is -0.0399. The van der Waals surface area contributed by atoms with E-state index < -0.39 is 11.7 Å². The van der Waals surface area contributed by atoms with Crippen molar-refractivity contribution in [2.75, 3.05) is 13.2 Å². The van der Waals surface area contributed by atoms with Gasteiger partial charge in [-0.15, -0.1) is 0 Å². The van der Waals surface area contributed by atoms with Crippen molar-refractivity contribution in [1.29, 1.82) is 0 Å². The topological polar surface area (TPSA) is 64.6 Å². The molecule has 1 unspecified atom stereocenters. The second-order valence-corrected chi connectivity index (χ2v) is 4.47. The number of carbonyl (C=O) groups excluding carboxylic acids is 2. The Labute approximate surface area is 111 Å². The van der Waals surface area contributed by atoms with Crippen LogP contribution in [0.4, 0.5) is 0 Å². The third kappa shape index (κ3) is 3.05. The Balaban J connectivity index is 2.13. The lowest BCUT2D eigenvalue weighted by Gasteiger charge is -2.18. The number of fused-ring (bicyclic) bond motifs is 1. The quantitative estimate of drug-likeness (QED) is 0.661. The molecule has 0 bridgehead atoms. The van der Waals surface area contributed by atoms with Crippen molar-refractivity contribution < 1.29 is 19.1 Å². The smallest absolute Gasteiger partial charge is 0.292 e. The van der Waals surface area contributed by atoms with E-state index in [2.05, 4.69) is 5.32 Å². The van der Waals surface area contributed by atoms with E-state index in [1.165, 1.54) is 0 Å². The fraction of sp³-hybridized carbons (Fsp3) is 0.429. The van der Waals surface area contributed by atoms with Crippen LogP contribution in [0.15, 0.2) is 18.2 Å². The lowest BCUT2D eigenvalue weighted by Crippen LogP contribution is -2.37. The molecule has 0 saturated carbocycles. The van der Waals surface area contributed by atoms with Gasteiger partial charge in [-0.2, -0.15) is 0 Å². The zero-order valence-corrected chi connectivity index (χ0v) is 11.1. The molecule has 102 valence electrons. The molecule has 0 spiro atoms. The number of ketones is 1. The number of Topliss-reactive ketones (excluding diaryl/α,β-unsaturated/α-hetero) is 1. The van der Waals surface area contributed by atoms with Crippen molar-refractivity contribution in [3.8, 4) is 11.5 Å². The molecule has 1 N–H and O–H groups in total. The molecular weight excluding hydrogens is 246 g/mol. The zero-order chi connectivity index (χ0) is 13.8. The zero-order valence-electron chi connectivity index (χ0n) is 11.1. The molecule has 0 fully saturated rings. The minimum atomic E-state index is -0.592. The first-order valence-electron chi connectivity index (χ1n) is 6.36. The van der Waals surface area contributed by atoms with Crippen LogP contribution in [-0.4, -0.2) is 30.9 Å². The van der Waals surface area contributed by atoms with Gasteiger partial charge in [-0.1, -0.05) is 6.92 Å². The molecular formula is C14H17NO4. The van der Waals surface area contributed by atoms with Crippen LogP contribution in [0.5, 0.6) is 11.5 Å². The molecule has 1 aliphatic rings. The van der Waals surface area contributed by atoms with Crippen LogP contribution < -0.4 is 14.8 Å². The van der Waals surface area contributed by atoms with Gasteiger partial charge in [0.25, 0.3) is 5.91 Å². The largest absolute Gasteiger partial charge is 0.486 e. The first-order valence-corrected chi connectivity index (χ1v) is 6.36. The summed E-state index contributed by atoms with van der Waals surface area (Å²) < 4.78 is 10.8. The summed E-state index contributed by atoms with van der Waals surface area (Å²) in [7, 11) is 0. The van der Waals surface area contributed by atoms with Crippen LogP contribution in [0.1, 0.15) is 30.6 Å². The summed E-state index contributed by atoms with van der Waals surface area (Å²) in [5, 5.41) is 2.65. The maximum absolute atomic E-state index is 12.0. The van der Waals surface area contributed by atoms with Crippen LogP contribution in [0, 0.1) is 0 Å². The molecule has 0 aliphatic carbocycles. The van der Waals surface area contributed by atoms with E-state index in [4.69, 9.17) is 9.47 Å². The monoisotopic (exact) mass is 263 g/mol. The third-order valence-electron chi connectivity index (χ3n) is 3.00. The average Bonchev–Trinajstić information content (AvgIpc) is 2.45. The van der Waals surface area contributed by atoms with Crippen molar-refractivity contribution in [3.05, 3.63) is 23.8 Å². The normalized spacial score (nSPS) is 14.6. The number of nitrogens with one attached hydrogen (secondary N) is 1. The van der Waals surface area contributed by atoms with Gasteiger partial charge in [-0.25, -0.2) is 0 Å². The van der Waals surface area contributed by atoms with Gasteiger partial charge in [-0.3, -0.25) is 9.59 Å². The van der Waals surface area contributed by atoms with Gasteiger partial charge in [0.2, 0.25) is 5.78 Å². The Bertz CT molecular complexity index is 498. The van der Waals surface area contributed by atoms with Gasteiger partial charge in [-0.05, 0) is 31.5 Å². The fourth-order valence-corrected chi connectivity index (χ4v) is 1.71. The molecule has 19 heavy (non-hydrogen) atoms. The van der Waals surface area contributed by atoms with Gasteiger partial charge in [0, 0.05) is 11.6 Å². The summed E-state index contributed by atoms with van der Waals surface area (Å²) in [4.78, 5) is 23.7. The summed E-state index contributed by atoms with van der Waals surface area (Å²) in [5.41, 5.74) is 0.310. The Morgan fingerprint density at radius 2 is 1.95 bits per heavy atom. The first kappa shape index (κ1) is 13.4. The predicted molar refractivity (Wildman–Crippen MR) is 69.7 cm³/mol. The van der Waals surface area contributed by atoms with E-state index in [0.29, 0.717) is 30.3 Å². The number of amides is 1. The van der Waals surface area contributed by atoms with E-state index in [1.54, 1.807) is 18.2 Å². The molecule has 0 radical (unpaired) electrons. The molecule has 0 saturated heterocycles. The van der Waals surface area contributed by atoms with Crippen LogP contribution >= 0.6 is 0 Å². The molecule has 0 aromatic heterocycles. The van der Waals surface area contributed by atoms with Gasteiger partial charge < -0.3 is 14.8 Å². The molecule has 5 nitrogen and oxygen atoms in total. The van der Waals surface area contributed by atoms with Gasteiger partial charge >= 0.3 is 0 Å². The molecule has 1 aromatic carbocycles. The van der Waals surface area contributed by atoms with Gasteiger partial charge in [0.1, 0.15) is 13.2 Å². The van der Waals surface area contributed by atoms with Crippen LogP contribution in [-0.2, 0) is 4.79 Å². The molecule has 1 aromatic rings. The number of benzene rings is 1. The maximum atomic E-state index is 12.0. The highest BCUT2D eigenvalue weighted by molar-refractivity contribution is 6.42. The van der Waals surface area contributed by atoms with Crippen LogP contribution in [0.3, 0.4) is 0 Å². The maximum Gasteiger partial charge on any atom is 0.292 e. The van der Waals surface area contributed by atoms with Crippen molar-refractivity contribution in [2.24, 2.45) is 0 Å². The average molecular weight is 263 g/mol. The predicted octanol–water partition coefficient (Wildman–Crippen LogP) is 1.56. The highest BCUT2D eigenvalue weighted by Gasteiger charge is 2.20. The molecule has 1 amide bonds. The van der Waals surface area contributed by atoms with E-state index in [0.717, 1.165) is 6.42 Å². The number of carbonyl (C=O) groups is 2. The molecule has 1 heterocycles. The Kier molecular flexibility index (Phi) is 4.04. The summed E-state index contributed by atoms with van der Waals surface area (Å²) in [6.07, 6.45) is 0.778. The van der Waals surface area contributed by atoms with Crippen LogP contribution in [0.2, 0.25) is 0 Å². The first-order chi connectivity index (χ1) is 9.11. The Morgan fingerprint density at radius 1 is 1.26 bits per heavy atom. The second-order valence-electron chi connectivity index (χ2n) is 4.47. The van der Waals surface area contributed by atoms with Crippen molar-refractivity contribution in [1.82, 2.24) is 5.32 Å². The molecule has 1 aliphatic heterocycles. The van der Waals surface area contributed by atoms with E-state index in [1.807, 2.05) is 13.8 Å².